The molecule has 1 aliphatic rings. The summed E-state index contributed by atoms with van der Waals surface area (Å²) in [6.45, 7) is 7.07. The Balaban J connectivity index is 2.22. The summed E-state index contributed by atoms with van der Waals surface area (Å²) >= 11 is 0. The van der Waals surface area contributed by atoms with Gasteiger partial charge in [-0.1, -0.05) is 26.3 Å². The molecule has 0 aromatic heterocycles. The molecule has 0 heterocycles. The van der Waals surface area contributed by atoms with Gasteiger partial charge in [0.25, 0.3) is 0 Å². The van der Waals surface area contributed by atoms with Crippen molar-refractivity contribution >= 4 is 0 Å². The molecule has 0 amide bonds. The zero-order valence-electron chi connectivity index (χ0n) is 10.6. The maximum Gasteiger partial charge on any atom is 0.138 e. The Kier molecular flexibility index (Phi) is 5.81. The van der Waals surface area contributed by atoms with E-state index in [0.29, 0.717) is 0 Å². The van der Waals surface area contributed by atoms with Crippen LogP contribution in [0.1, 0.15) is 32.6 Å². The van der Waals surface area contributed by atoms with Gasteiger partial charge in [0.1, 0.15) is 5.83 Å². The van der Waals surface area contributed by atoms with Gasteiger partial charge in [-0.25, -0.2) is 4.39 Å². The van der Waals surface area contributed by atoms with Gasteiger partial charge in [0, 0.05) is 18.4 Å². The molecule has 1 fully saturated rings. The molecule has 0 bridgehead atoms. The largest absolute Gasteiger partial charge is 0.402 e. The highest BCUT2D eigenvalue weighted by molar-refractivity contribution is 5.20. The van der Waals surface area contributed by atoms with Crippen LogP contribution in [0.5, 0.6) is 0 Å². The Morgan fingerprint density at radius 2 is 2.00 bits per heavy atom. The minimum atomic E-state index is -0.445. The van der Waals surface area contributed by atoms with Crippen LogP contribution < -0.4 is 11.1 Å². The van der Waals surface area contributed by atoms with Gasteiger partial charge >= 0.3 is 0 Å². The van der Waals surface area contributed by atoms with E-state index in [0.717, 1.165) is 30.3 Å². The minimum absolute atomic E-state index is 0.445. The van der Waals surface area contributed by atoms with Crippen molar-refractivity contribution in [2.45, 2.75) is 32.6 Å². The highest BCUT2D eigenvalue weighted by Gasteiger charge is 2.17. The van der Waals surface area contributed by atoms with E-state index >= 15 is 0 Å². The first kappa shape index (κ1) is 13.8. The number of nitrogens with one attached hydrogen (secondary N) is 1. The maximum absolute atomic E-state index is 12.7. The molecule has 0 aromatic carbocycles. The molecule has 96 valence electrons. The number of hydrogen-bond donors (Lipinski definition) is 2. The van der Waals surface area contributed by atoms with Crippen LogP contribution in [0.25, 0.3) is 0 Å². The van der Waals surface area contributed by atoms with Crippen LogP contribution in [0, 0.1) is 11.8 Å². The molecule has 0 spiro atoms. The third-order valence-electron chi connectivity index (χ3n) is 3.36. The van der Waals surface area contributed by atoms with Gasteiger partial charge in [-0.3, -0.25) is 0 Å². The second-order valence-electron chi connectivity index (χ2n) is 4.92. The summed E-state index contributed by atoms with van der Waals surface area (Å²) in [6.07, 6.45) is 9.07. The molecule has 0 atom stereocenters. The van der Waals surface area contributed by atoms with Crippen molar-refractivity contribution in [3.63, 3.8) is 0 Å². The Morgan fingerprint density at radius 1 is 1.35 bits per heavy atom. The number of rotatable bonds is 5. The average Bonchev–Trinajstić information content (AvgIpc) is 2.35. The molecule has 0 saturated heterocycles. The van der Waals surface area contributed by atoms with E-state index in [1.165, 1.54) is 31.8 Å². The van der Waals surface area contributed by atoms with Crippen molar-refractivity contribution < 1.29 is 4.39 Å². The third-order valence-corrected chi connectivity index (χ3v) is 3.36. The van der Waals surface area contributed by atoms with Crippen LogP contribution in [-0.2, 0) is 0 Å². The Hall–Kier alpha value is -1.25. The van der Waals surface area contributed by atoms with Crippen LogP contribution in [0.15, 0.2) is 36.5 Å². The summed E-state index contributed by atoms with van der Waals surface area (Å²) in [6, 6.07) is 0. The van der Waals surface area contributed by atoms with Gasteiger partial charge in [-0.15, -0.1) is 0 Å². The van der Waals surface area contributed by atoms with Gasteiger partial charge in [0.05, 0.1) is 0 Å². The van der Waals surface area contributed by atoms with Crippen molar-refractivity contribution in [1.29, 1.82) is 0 Å². The summed E-state index contributed by atoms with van der Waals surface area (Å²) in [5.74, 6) is 1.16. The first-order valence-corrected chi connectivity index (χ1v) is 6.30. The fourth-order valence-electron chi connectivity index (χ4n) is 2.10. The highest BCUT2D eigenvalue weighted by Crippen LogP contribution is 2.27. The van der Waals surface area contributed by atoms with E-state index in [1.807, 2.05) is 0 Å². The molecule has 0 radical (unpaired) electrons. The van der Waals surface area contributed by atoms with E-state index in [4.69, 9.17) is 5.73 Å². The second-order valence-corrected chi connectivity index (χ2v) is 4.92. The molecule has 0 unspecified atom stereocenters. The lowest BCUT2D eigenvalue weighted by Gasteiger charge is -2.26. The topological polar surface area (TPSA) is 38.0 Å². The average molecular weight is 238 g/mol. The van der Waals surface area contributed by atoms with Crippen LogP contribution in [-0.4, -0.2) is 6.54 Å². The van der Waals surface area contributed by atoms with E-state index in [2.05, 4.69) is 18.8 Å². The molecule has 0 aliphatic heterocycles. The van der Waals surface area contributed by atoms with E-state index in [-0.39, 0.29) is 0 Å². The predicted molar refractivity (Wildman–Crippen MR) is 70.8 cm³/mol. The van der Waals surface area contributed by atoms with Gasteiger partial charge in [-0.05, 0) is 36.8 Å². The van der Waals surface area contributed by atoms with Gasteiger partial charge in [0.15, 0.2) is 0 Å². The Bertz CT molecular complexity index is 299. The summed E-state index contributed by atoms with van der Waals surface area (Å²) < 4.78 is 12.7. The standard InChI is InChI=1S/C14H23FN2/c1-11-3-6-13(7-4-11)10-17-12(2)5-8-14(15)9-16/h5,8-9,11,13,17H,2-4,6-7,10,16H2,1H3/b8-5-,14-9+/t11-,13-. The lowest BCUT2D eigenvalue weighted by Crippen LogP contribution is -2.24. The molecule has 3 N–H and O–H groups in total. The van der Waals surface area contributed by atoms with Gasteiger partial charge < -0.3 is 11.1 Å². The summed E-state index contributed by atoms with van der Waals surface area (Å²) in [5.41, 5.74) is 5.76. The fourth-order valence-corrected chi connectivity index (χ4v) is 2.10. The fraction of sp³-hybridized carbons (Fsp3) is 0.571. The van der Waals surface area contributed by atoms with E-state index < -0.39 is 5.83 Å². The maximum atomic E-state index is 12.7. The number of nitrogens with two attached hydrogens (primary N) is 1. The third kappa shape index (κ3) is 5.57. The highest BCUT2D eigenvalue weighted by atomic mass is 19.1. The molecule has 1 aliphatic carbocycles. The molecular weight excluding hydrogens is 215 g/mol. The first-order chi connectivity index (χ1) is 8.11. The monoisotopic (exact) mass is 238 g/mol. The number of halogens is 1. The number of hydrogen-bond acceptors (Lipinski definition) is 2. The number of allylic oxidation sites excluding steroid dienone is 3. The minimum Gasteiger partial charge on any atom is -0.402 e. The second kappa shape index (κ2) is 7.15. The van der Waals surface area contributed by atoms with Crippen LogP contribution >= 0.6 is 0 Å². The van der Waals surface area contributed by atoms with Crippen molar-refractivity contribution in [3.8, 4) is 0 Å². The van der Waals surface area contributed by atoms with Gasteiger partial charge in [0.2, 0.25) is 0 Å². The molecule has 17 heavy (non-hydrogen) atoms. The Labute approximate surface area is 103 Å². The normalized spacial score (nSPS) is 26.1. The molecule has 0 aromatic rings. The van der Waals surface area contributed by atoms with Crippen molar-refractivity contribution in [2.75, 3.05) is 6.54 Å². The van der Waals surface area contributed by atoms with Crippen LogP contribution in [0.4, 0.5) is 4.39 Å². The summed E-state index contributed by atoms with van der Waals surface area (Å²) in [5, 5.41) is 3.23. The summed E-state index contributed by atoms with van der Waals surface area (Å²) in [4.78, 5) is 0. The molecular formula is C14H23FN2. The molecule has 1 saturated carbocycles. The quantitative estimate of drug-likeness (QED) is 0.722. The van der Waals surface area contributed by atoms with Crippen LogP contribution in [0.2, 0.25) is 0 Å². The zero-order chi connectivity index (χ0) is 12.7. The smallest absolute Gasteiger partial charge is 0.138 e. The summed E-state index contributed by atoms with van der Waals surface area (Å²) in [7, 11) is 0. The first-order valence-electron chi connectivity index (χ1n) is 6.30. The Morgan fingerprint density at radius 3 is 2.59 bits per heavy atom. The predicted octanol–water partition coefficient (Wildman–Crippen LogP) is 3.24. The van der Waals surface area contributed by atoms with Crippen molar-refractivity contribution in [1.82, 2.24) is 5.32 Å². The SMILES string of the molecule is C=C(/C=C\C(F)=C/N)NC[C@H]1CC[C@H](C)CC1. The lowest BCUT2D eigenvalue weighted by atomic mass is 9.83. The van der Waals surface area contributed by atoms with Crippen LogP contribution in [0.3, 0.4) is 0 Å². The van der Waals surface area contributed by atoms with Crippen molar-refractivity contribution in [3.05, 3.63) is 36.5 Å². The molecule has 1 rings (SSSR count). The molecule has 2 nitrogen and oxygen atoms in total. The van der Waals surface area contributed by atoms with E-state index in [9.17, 15) is 4.39 Å². The molecule has 3 heteroatoms. The van der Waals surface area contributed by atoms with Gasteiger partial charge in [-0.2, -0.15) is 0 Å². The lowest BCUT2D eigenvalue weighted by molar-refractivity contribution is 0.287. The van der Waals surface area contributed by atoms with E-state index in [1.54, 1.807) is 6.08 Å². The zero-order valence-corrected chi connectivity index (χ0v) is 10.6. The van der Waals surface area contributed by atoms with Crippen molar-refractivity contribution in [2.24, 2.45) is 17.6 Å².